The molecule has 1 aromatic heterocycles. The van der Waals surface area contributed by atoms with Crippen LogP contribution in [-0.4, -0.2) is 34.2 Å². The predicted octanol–water partition coefficient (Wildman–Crippen LogP) is 2.80. The van der Waals surface area contributed by atoms with E-state index in [2.05, 4.69) is 15.7 Å². The highest BCUT2D eigenvalue weighted by molar-refractivity contribution is 6.30. The molecule has 0 radical (unpaired) electrons. The fourth-order valence-corrected chi connectivity index (χ4v) is 2.32. The van der Waals surface area contributed by atoms with Gasteiger partial charge in [0.2, 0.25) is 5.91 Å². The van der Waals surface area contributed by atoms with Crippen LogP contribution in [-0.2, 0) is 11.0 Å². The summed E-state index contributed by atoms with van der Waals surface area (Å²) in [7, 11) is 0. The summed E-state index contributed by atoms with van der Waals surface area (Å²) in [5.74, 6) is -1.55. The van der Waals surface area contributed by atoms with E-state index in [1.807, 2.05) is 0 Å². The van der Waals surface area contributed by atoms with Crippen LogP contribution in [0.2, 0.25) is 5.02 Å². The highest BCUT2D eigenvalue weighted by atomic mass is 35.5. The lowest BCUT2D eigenvalue weighted by Crippen LogP contribution is -2.40. The van der Waals surface area contributed by atoms with Crippen molar-refractivity contribution in [1.82, 2.24) is 20.4 Å². The molecule has 26 heavy (non-hydrogen) atoms. The molecule has 0 saturated heterocycles. The molecule has 140 valence electrons. The number of aromatic nitrogens is 2. The van der Waals surface area contributed by atoms with Crippen LogP contribution in [0.1, 0.15) is 29.9 Å². The number of benzene rings is 1. The minimum absolute atomic E-state index is 0.0957. The molecule has 2 aromatic rings. The second-order valence-corrected chi connectivity index (χ2v) is 6.13. The van der Waals surface area contributed by atoms with Crippen molar-refractivity contribution in [2.24, 2.45) is 0 Å². The van der Waals surface area contributed by atoms with Crippen molar-refractivity contribution in [2.45, 2.75) is 26.1 Å². The van der Waals surface area contributed by atoms with Gasteiger partial charge in [0.1, 0.15) is 0 Å². The van der Waals surface area contributed by atoms with Crippen LogP contribution in [0.3, 0.4) is 0 Å². The Morgan fingerprint density at radius 3 is 2.38 bits per heavy atom. The van der Waals surface area contributed by atoms with E-state index in [-0.39, 0.29) is 11.7 Å². The molecule has 0 spiro atoms. The molecule has 6 nitrogen and oxygen atoms in total. The number of halogens is 4. The average Bonchev–Trinajstić information content (AvgIpc) is 2.98. The topological polar surface area (TPSA) is 76.0 Å². The molecule has 0 fully saturated rings. The smallest absolute Gasteiger partial charge is 0.352 e. The maximum absolute atomic E-state index is 13.5. The molecule has 2 amide bonds. The number of nitrogens with one attached hydrogen (secondary N) is 2. The van der Waals surface area contributed by atoms with Gasteiger partial charge in [-0.25, -0.2) is 4.68 Å². The Hall–Kier alpha value is -2.55. The molecule has 0 aliphatic rings. The molecule has 0 unspecified atom stereocenters. The Balaban J connectivity index is 2.30. The fraction of sp³-hybridized carbons (Fsp3) is 0.312. The van der Waals surface area contributed by atoms with Crippen LogP contribution in [0.25, 0.3) is 5.69 Å². The van der Waals surface area contributed by atoms with Crippen molar-refractivity contribution in [3.8, 4) is 5.69 Å². The summed E-state index contributed by atoms with van der Waals surface area (Å²) in [6, 6.07) is 5.37. The molecule has 0 aliphatic carbocycles. The quantitative estimate of drug-likeness (QED) is 0.827. The highest BCUT2D eigenvalue weighted by Gasteiger charge is 2.40. The molecule has 10 heteroatoms. The van der Waals surface area contributed by atoms with Gasteiger partial charge in [0.25, 0.3) is 5.91 Å². The Kier molecular flexibility index (Phi) is 5.91. The van der Waals surface area contributed by atoms with Crippen molar-refractivity contribution < 1.29 is 22.8 Å². The van der Waals surface area contributed by atoms with Crippen molar-refractivity contribution in [2.75, 3.05) is 6.54 Å². The zero-order valence-corrected chi connectivity index (χ0v) is 14.6. The number of carbonyl (C=O) groups excluding carboxylic acids is 2. The van der Waals surface area contributed by atoms with Gasteiger partial charge in [-0.1, -0.05) is 11.6 Å². The van der Waals surface area contributed by atoms with Gasteiger partial charge < -0.3 is 10.6 Å². The summed E-state index contributed by atoms with van der Waals surface area (Å²) >= 11 is 5.74. The van der Waals surface area contributed by atoms with Gasteiger partial charge in [-0.2, -0.15) is 18.3 Å². The minimum Gasteiger partial charge on any atom is -0.352 e. The monoisotopic (exact) mass is 388 g/mol. The van der Waals surface area contributed by atoms with Crippen molar-refractivity contribution in [3.05, 3.63) is 46.7 Å². The van der Waals surface area contributed by atoms with E-state index in [1.165, 1.54) is 24.3 Å². The number of nitrogens with zero attached hydrogens (tertiary/aromatic N) is 2. The lowest BCUT2D eigenvalue weighted by atomic mass is 10.2. The SMILES string of the molecule is CC(C)NC(=O)CNC(=O)c1cnn(-c2ccc(Cl)cc2)c1C(F)(F)F. The Bertz CT molecular complexity index is 801. The van der Waals surface area contributed by atoms with E-state index in [4.69, 9.17) is 11.6 Å². The first kappa shape index (κ1) is 19.8. The van der Waals surface area contributed by atoms with Crippen LogP contribution in [0, 0.1) is 0 Å². The standard InChI is InChI=1S/C16H16ClF3N4O2/c1-9(2)23-13(25)8-21-15(26)12-7-22-24(14(12)16(18,19)20)11-5-3-10(17)4-6-11/h3-7,9H,8H2,1-2H3,(H,21,26)(H,23,25). The van der Waals surface area contributed by atoms with E-state index in [1.54, 1.807) is 13.8 Å². The lowest BCUT2D eigenvalue weighted by Gasteiger charge is -2.13. The van der Waals surface area contributed by atoms with Gasteiger partial charge in [0.15, 0.2) is 5.69 Å². The number of amides is 2. The summed E-state index contributed by atoms with van der Waals surface area (Å²) in [6.45, 7) is 3.00. The predicted molar refractivity (Wildman–Crippen MR) is 89.2 cm³/mol. The molecule has 0 aliphatic heterocycles. The first-order valence-electron chi connectivity index (χ1n) is 7.58. The second-order valence-electron chi connectivity index (χ2n) is 5.70. The zero-order chi connectivity index (χ0) is 19.5. The largest absolute Gasteiger partial charge is 0.434 e. The average molecular weight is 389 g/mol. The molecule has 0 atom stereocenters. The summed E-state index contributed by atoms with van der Waals surface area (Å²) in [4.78, 5) is 23.7. The number of alkyl halides is 3. The van der Waals surface area contributed by atoms with Crippen molar-refractivity contribution in [1.29, 1.82) is 0 Å². The maximum Gasteiger partial charge on any atom is 0.434 e. The van der Waals surface area contributed by atoms with Gasteiger partial charge in [-0.05, 0) is 38.1 Å². The third kappa shape index (κ3) is 4.75. The summed E-state index contributed by atoms with van der Waals surface area (Å²) < 4.78 is 41.1. The number of hydrogen-bond donors (Lipinski definition) is 2. The number of hydrogen-bond acceptors (Lipinski definition) is 3. The van der Waals surface area contributed by atoms with E-state index in [9.17, 15) is 22.8 Å². The van der Waals surface area contributed by atoms with Gasteiger partial charge in [-0.3, -0.25) is 9.59 Å². The minimum atomic E-state index is -4.83. The van der Waals surface area contributed by atoms with Gasteiger partial charge in [0, 0.05) is 11.1 Å². The van der Waals surface area contributed by atoms with Crippen LogP contribution in [0.15, 0.2) is 30.5 Å². The van der Waals surface area contributed by atoms with Crippen LogP contribution in [0.4, 0.5) is 13.2 Å². The Morgan fingerprint density at radius 2 is 1.85 bits per heavy atom. The fourth-order valence-electron chi connectivity index (χ4n) is 2.19. The van der Waals surface area contributed by atoms with E-state index >= 15 is 0 Å². The summed E-state index contributed by atoms with van der Waals surface area (Å²) in [6.07, 6.45) is -4.02. The summed E-state index contributed by atoms with van der Waals surface area (Å²) in [5.41, 5.74) is -1.82. The molecular formula is C16H16ClF3N4O2. The Morgan fingerprint density at radius 1 is 1.23 bits per heavy atom. The zero-order valence-electron chi connectivity index (χ0n) is 13.9. The van der Waals surface area contributed by atoms with Gasteiger partial charge in [0.05, 0.1) is 24.0 Å². The normalized spacial score (nSPS) is 11.5. The molecule has 0 saturated carbocycles. The second kappa shape index (κ2) is 7.77. The maximum atomic E-state index is 13.5. The molecule has 1 heterocycles. The molecule has 2 N–H and O–H groups in total. The van der Waals surface area contributed by atoms with E-state index in [0.29, 0.717) is 9.70 Å². The van der Waals surface area contributed by atoms with E-state index < -0.39 is 35.8 Å². The number of rotatable bonds is 5. The summed E-state index contributed by atoms with van der Waals surface area (Å²) in [5, 5.41) is 8.71. The first-order chi connectivity index (χ1) is 12.1. The highest BCUT2D eigenvalue weighted by Crippen LogP contribution is 2.33. The van der Waals surface area contributed by atoms with Crippen molar-refractivity contribution >= 4 is 23.4 Å². The molecule has 2 rings (SSSR count). The van der Waals surface area contributed by atoms with Crippen LogP contribution < -0.4 is 10.6 Å². The molecule has 0 bridgehead atoms. The van der Waals surface area contributed by atoms with Crippen molar-refractivity contribution in [3.63, 3.8) is 0 Å². The third-order valence-corrected chi connectivity index (χ3v) is 3.46. The third-order valence-electron chi connectivity index (χ3n) is 3.21. The van der Waals surface area contributed by atoms with Crippen LogP contribution >= 0.6 is 11.6 Å². The lowest BCUT2D eigenvalue weighted by molar-refractivity contribution is -0.143. The first-order valence-corrected chi connectivity index (χ1v) is 7.96. The molecule has 1 aromatic carbocycles. The van der Waals surface area contributed by atoms with Crippen LogP contribution in [0.5, 0.6) is 0 Å². The number of carbonyl (C=O) groups is 2. The molecular weight excluding hydrogens is 373 g/mol. The van der Waals surface area contributed by atoms with E-state index in [0.717, 1.165) is 6.20 Å². The Labute approximate surface area is 152 Å². The van der Waals surface area contributed by atoms with Gasteiger partial charge >= 0.3 is 6.18 Å². The van der Waals surface area contributed by atoms with Gasteiger partial charge in [-0.15, -0.1) is 0 Å².